The average Bonchev–Trinajstić information content (AvgIpc) is 1.63. The summed E-state index contributed by atoms with van der Waals surface area (Å²) < 4.78 is 0. The van der Waals surface area contributed by atoms with E-state index in [4.69, 9.17) is 15.6 Å². The summed E-state index contributed by atoms with van der Waals surface area (Å²) in [6.07, 6.45) is 2.82. The summed E-state index contributed by atoms with van der Waals surface area (Å²) in [7, 11) is 0. The molecule has 0 unspecified atom stereocenters. The summed E-state index contributed by atoms with van der Waals surface area (Å²) in [5, 5.41) is 24.8. The summed E-state index contributed by atoms with van der Waals surface area (Å²) in [5.74, 6) is 0. The van der Waals surface area contributed by atoms with Crippen molar-refractivity contribution >= 4 is 0 Å². The van der Waals surface area contributed by atoms with Gasteiger partial charge < -0.3 is 0 Å². The first kappa shape index (κ1) is 8.58. The fourth-order valence-electron chi connectivity index (χ4n) is 0.448. The van der Waals surface area contributed by atoms with Crippen LogP contribution in [0, 0.1) is 0 Å². The Morgan fingerprint density at radius 1 is 1.33 bits per heavy atom. The SMILES string of the molecule is C=CCCC[N+](O)(O)O. The van der Waals surface area contributed by atoms with Crippen LogP contribution in [-0.4, -0.2) is 27.1 Å². The van der Waals surface area contributed by atoms with Gasteiger partial charge in [-0.15, -0.1) is 22.2 Å². The summed E-state index contributed by atoms with van der Waals surface area (Å²) in [6.45, 7) is 3.34. The number of hydrogen-bond acceptors (Lipinski definition) is 3. The highest BCUT2D eigenvalue weighted by Crippen LogP contribution is 1.95. The predicted octanol–water partition coefficient (Wildman–Crippen LogP) is 0.937. The van der Waals surface area contributed by atoms with Gasteiger partial charge in [0.2, 0.25) is 0 Å². The summed E-state index contributed by atoms with van der Waals surface area (Å²) in [5.41, 5.74) is 0. The highest BCUT2D eigenvalue weighted by Gasteiger charge is 2.15. The fourth-order valence-corrected chi connectivity index (χ4v) is 0.448. The van der Waals surface area contributed by atoms with Crippen molar-refractivity contribution in [3.8, 4) is 0 Å². The number of hydroxylamine groups is 3. The second-order valence-electron chi connectivity index (χ2n) is 1.85. The molecule has 0 saturated heterocycles. The first-order chi connectivity index (χ1) is 4.06. The first-order valence-corrected chi connectivity index (χ1v) is 2.73. The molecule has 3 N–H and O–H groups in total. The molecule has 0 atom stereocenters. The van der Waals surface area contributed by atoms with E-state index in [1.54, 1.807) is 6.08 Å². The van der Waals surface area contributed by atoms with E-state index >= 15 is 0 Å². The standard InChI is InChI=1S/C5H12NO3/c1-2-3-4-5-6(7,8)9/h2,7-9H,1,3-5H2/q+1. The van der Waals surface area contributed by atoms with Gasteiger partial charge in [0.05, 0.1) is 4.97 Å². The lowest BCUT2D eigenvalue weighted by molar-refractivity contribution is -1.37. The molecule has 0 aliphatic heterocycles. The van der Waals surface area contributed by atoms with Crippen molar-refractivity contribution in [2.75, 3.05) is 6.54 Å². The Hall–Kier alpha value is -0.420. The van der Waals surface area contributed by atoms with Crippen molar-refractivity contribution in [3.05, 3.63) is 12.7 Å². The van der Waals surface area contributed by atoms with E-state index in [0.29, 0.717) is 12.8 Å². The predicted molar refractivity (Wildman–Crippen MR) is 29.9 cm³/mol. The molecule has 0 fully saturated rings. The molecule has 0 aromatic heterocycles. The van der Waals surface area contributed by atoms with Crippen LogP contribution in [0.25, 0.3) is 0 Å². The van der Waals surface area contributed by atoms with E-state index < -0.39 is 4.97 Å². The van der Waals surface area contributed by atoms with Gasteiger partial charge in [-0.25, -0.2) is 0 Å². The number of hydrogen-bond donors (Lipinski definition) is 3. The van der Waals surface area contributed by atoms with Crippen molar-refractivity contribution in [1.82, 2.24) is 0 Å². The van der Waals surface area contributed by atoms with Gasteiger partial charge in [0.25, 0.3) is 0 Å². The number of nitrogens with zero attached hydrogens (tertiary/aromatic N) is 1. The first-order valence-electron chi connectivity index (χ1n) is 2.73. The van der Waals surface area contributed by atoms with Crippen molar-refractivity contribution in [2.45, 2.75) is 12.8 Å². The molecule has 4 nitrogen and oxygen atoms in total. The molecule has 0 aromatic rings. The summed E-state index contributed by atoms with van der Waals surface area (Å²) in [4.78, 5) is -1.94. The maximum absolute atomic E-state index is 8.26. The quantitative estimate of drug-likeness (QED) is 0.232. The molecule has 0 bridgehead atoms. The van der Waals surface area contributed by atoms with Gasteiger partial charge in [-0.2, -0.15) is 0 Å². The van der Waals surface area contributed by atoms with Crippen molar-refractivity contribution in [3.63, 3.8) is 0 Å². The summed E-state index contributed by atoms with van der Waals surface area (Å²) in [6, 6.07) is 0. The molecule has 9 heavy (non-hydrogen) atoms. The highest BCUT2D eigenvalue weighted by atomic mass is 17.1. The van der Waals surface area contributed by atoms with E-state index in [1.165, 1.54) is 0 Å². The van der Waals surface area contributed by atoms with Gasteiger partial charge in [0.15, 0.2) is 6.54 Å². The maximum atomic E-state index is 8.26. The topological polar surface area (TPSA) is 60.7 Å². The van der Waals surface area contributed by atoms with Crippen molar-refractivity contribution in [2.24, 2.45) is 0 Å². The molecule has 0 amide bonds. The summed E-state index contributed by atoms with van der Waals surface area (Å²) >= 11 is 0. The molecule has 0 aliphatic rings. The molecule has 0 saturated carbocycles. The van der Waals surface area contributed by atoms with E-state index in [2.05, 4.69) is 6.58 Å². The second-order valence-corrected chi connectivity index (χ2v) is 1.85. The Morgan fingerprint density at radius 3 is 2.22 bits per heavy atom. The third kappa shape index (κ3) is 7.58. The molecular weight excluding hydrogens is 122 g/mol. The molecular formula is C5H12NO3+. The van der Waals surface area contributed by atoms with E-state index in [-0.39, 0.29) is 6.54 Å². The van der Waals surface area contributed by atoms with Crippen LogP contribution in [0.5, 0.6) is 0 Å². The molecule has 0 rings (SSSR count). The molecule has 0 aliphatic carbocycles. The molecule has 0 heterocycles. The van der Waals surface area contributed by atoms with Gasteiger partial charge in [-0.1, -0.05) is 6.08 Å². The normalized spacial score (nSPS) is 11.4. The minimum Gasteiger partial charge on any atom is -0.146 e. The Morgan fingerprint density at radius 2 is 1.89 bits per heavy atom. The van der Waals surface area contributed by atoms with E-state index in [0.717, 1.165) is 0 Å². The minimum atomic E-state index is -1.94. The minimum absolute atomic E-state index is 0.0913. The second kappa shape index (κ2) is 3.58. The van der Waals surface area contributed by atoms with Crippen LogP contribution in [0.4, 0.5) is 0 Å². The zero-order chi connectivity index (χ0) is 7.33. The fraction of sp³-hybridized carbons (Fsp3) is 0.600. The number of quaternary nitrogens is 1. The zero-order valence-electron chi connectivity index (χ0n) is 5.19. The highest BCUT2D eigenvalue weighted by molar-refractivity contribution is 4.64. The van der Waals surface area contributed by atoms with Crippen molar-refractivity contribution < 1.29 is 20.6 Å². The van der Waals surface area contributed by atoms with Crippen LogP contribution in [0.2, 0.25) is 0 Å². The van der Waals surface area contributed by atoms with Gasteiger partial charge in [0, 0.05) is 6.42 Å². The van der Waals surface area contributed by atoms with E-state index in [1.807, 2.05) is 0 Å². The average molecular weight is 134 g/mol. The molecule has 0 aromatic carbocycles. The lowest BCUT2D eigenvalue weighted by Gasteiger charge is -2.09. The lowest BCUT2D eigenvalue weighted by atomic mass is 10.3. The van der Waals surface area contributed by atoms with Crippen LogP contribution in [0.15, 0.2) is 12.7 Å². The third-order valence-corrected chi connectivity index (χ3v) is 0.866. The van der Waals surface area contributed by atoms with Crippen LogP contribution < -0.4 is 0 Å². The smallest absolute Gasteiger partial charge is 0.146 e. The molecule has 54 valence electrons. The maximum Gasteiger partial charge on any atom is 0.177 e. The Labute approximate surface area is 53.7 Å². The van der Waals surface area contributed by atoms with Crippen LogP contribution in [0.1, 0.15) is 12.8 Å². The Balaban J connectivity index is 3.17. The zero-order valence-corrected chi connectivity index (χ0v) is 5.19. The third-order valence-electron chi connectivity index (χ3n) is 0.866. The molecule has 4 heteroatoms. The van der Waals surface area contributed by atoms with Crippen LogP contribution in [-0.2, 0) is 0 Å². The van der Waals surface area contributed by atoms with Crippen molar-refractivity contribution in [1.29, 1.82) is 0 Å². The van der Waals surface area contributed by atoms with Gasteiger partial charge in [0.1, 0.15) is 0 Å². The molecule has 0 spiro atoms. The van der Waals surface area contributed by atoms with E-state index in [9.17, 15) is 0 Å². The largest absolute Gasteiger partial charge is 0.177 e. The van der Waals surface area contributed by atoms with Gasteiger partial charge >= 0.3 is 0 Å². The number of unbranched alkanes of at least 4 members (excludes halogenated alkanes) is 1. The lowest BCUT2D eigenvalue weighted by Crippen LogP contribution is -2.37. The van der Waals surface area contributed by atoms with Crippen LogP contribution >= 0.6 is 0 Å². The van der Waals surface area contributed by atoms with Crippen LogP contribution in [0.3, 0.4) is 0 Å². The van der Waals surface area contributed by atoms with Gasteiger partial charge in [-0.3, -0.25) is 0 Å². The Bertz CT molecular complexity index is 86.7. The Kier molecular flexibility index (Phi) is 3.41. The van der Waals surface area contributed by atoms with Gasteiger partial charge in [-0.05, 0) is 6.42 Å². The number of allylic oxidation sites excluding steroid dienone is 1. The molecule has 0 radical (unpaired) electrons. The monoisotopic (exact) mass is 134 g/mol. The number of rotatable bonds is 4.